The van der Waals surface area contributed by atoms with E-state index in [4.69, 9.17) is 0 Å². The van der Waals surface area contributed by atoms with Gasteiger partial charge < -0.3 is 4.90 Å². The summed E-state index contributed by atoms with van der Waals surface area (Å²) in [5.74, 6) is 0. The Kier molecular flexibility index (Phi) is 3.60. The zero-order chi connectivity index (χ0) is 15.7. The number of nitriles is 1. The van der Waals surface area contributed by atoms with E-state index in [1.54, 1.807) is 10.7 Å². The molecule has 22 heavy (non-hydrogen) atoms. The summed E-state index contributed by atoms with van der Waals surface area (Å²) in [7, 11) is 6.11. The Balaban J connectivity index is 2.03. The molecule has 2 aromatic heterocycles. The molecule has 0 unspecified atom stereocenters. The fourth-order valence-corrected chi connectivity index (χ4v) is 2.70. The minimum absolute atomic E-state index is 0.625. The Morgan fingerprint density at radius 3 is 2.64 bits per heavy atom. The molecule has 0 saturated heterocycles. The second-order valence-corrected chi connectivity index (χ2v) is 5.74. The number of hydrogen-bond donors (Lipinski definition) is 0. The van der Waals surface area contributed by atoms with Gasteiger partial charge in [0.15, 0.2) is 0 Å². The summed E-state index contributed by atoms with van der Waals surface area (Å²) in [6, 6.07) is 12.9. The Morgan fingerprint density at radius 2 is 2.00 bits per heavy atom. The molecule has 108 valence electrons. The topological polar surface area (TPSA) is 44.3 Å². The van der Waals surface area contributed by atoms with E-state index >= 15 is 0 Å². The lowest BCUT2D eigenvalue weighted by molar-refractivity contribution is 0.956. The first-order chi connectivity index (χ1) is 10.6. The molecule has 0 bridgehead atoms. The van der Waals surface area contributed by atoms with Gasteiger partial charge in [0.25, 0.3) is 0 Å². The van der Waals surface area contributed by atoms with E-state index in [-0.39, 0.29) is 0 Å². The molecule has 2 heterocycles. The van der Waals surface area contributed by atoms with Crippen molar-refractivity contribution in [3.8, 4) is 6.07 Å². The monoisotopic (exact) mass is 288 g/mol. The lowest BCUT2D eigenvalue weighted by atomic mass is 9.93. The highest BCUT2D eigenvalue weighted by molar-refractivity contribution is 6.32. The average molecular weight is 288 g/mol. The molecule has 1 aromatic carbocycles. The molecule has 3 rings (SSSR count). The fourth-order valence-electron chi connectivity index (χ4n) is 2.70. The van der Waals surface area contributed by atoms with Crippen molar-refractivity contribution in [2.24, 2.45) is 0 Å². The Bertz CT molecular complexity index is 857. The van der Waals surface area contributed by atoms with Crippen LogP contribution in [-0.2, 0) is 6.42 Å². The van der Waals surface area contributed by atoms with E-state index in [1.165, 1.54) is 11.3 Å². The maximum atomic E-state index is 9.27. The van der Waals surface area contributed by atoms with Gasteiger partial charge >= 0.3 is 0 Å². The maximum Gasteiger partial charge on any atom is 0.141 e. The first-order valence-corrected chi connectivity index (χ1v) is 7.21. The number of nitrogens with zero attached hydrogens (tertiary/aromatic N) is 4. The van der Waals surface area contributed by atoms with Crippen LogP contribution in [0.5, 0.6) is 0 Å². The summed E-state index contributed by atoms with van der Waals surface area (Å²) >= 11 is 0. The van der Waals surface area contributed by atoms with Crippen LogP contribution in [-0.4, -0.2) is 31.6 Å². The van der Waals surface area contributed by atoms with E-state index < -0.39 is 0 Å². The van der Waals surface area contributed by atoms with Crippen molar-refractivity contribution in [2.75, 3.05) is 19.0 Å². The third-order valence-electron chi connectivity index (χ3n) is 3.80. The Labute approximate surface area is 131 Å². The molecule has 0 saturated carbocycles. The third kappa shape index (κ3) is 2.56. The highest BCUT2D eigenvalue weighted by Crippen LogP contribution is 2.20. The molecule has 0 amide bonds. The quantitative estimate of drug-likeness (QED) is 0.678. The van der Waals surface area contributed by atoms with Crippen molar-refractivity contribution in [1.82, 2.24) is 9.61 Å². The molecule has 0 fully saturated rings. The fraction of sp³-hybridized carbons (Fsp3) is 0.176. The lowest BCUT2D eigenvalue weighted by Crippen LogP contribution is -2.10. The predicted octanol–water partition coefficient (Wildman–Crippen LogP) is 1.12. The number of aromatic nitrogens is 2. The SMILES string of the molecule is Bc1cc(Cc2ccc(N(C)C)cc2)c2c(C#N)cnn2c1. The Morgan fingerprint density at radius 1 is 1.27 bits per heavy atom. The molecule has 5 heteroatoms. The maximum absolute atomic E-state index is 9.27. The third-order valence-corrected chi connectivity index (χ3v) is 3.80. The summed E-state index contributed by atoms with van der Waals surface area (Å²) < 4.78 is 1.80. The smallest absolute Gasteiger partial charge is 0.141 e. The summed E-state index contributed by atoms with van der Waals surface area (Å²) in [4.78, 5) is 2.08. The summed E-state index contributed by atoms with van der Waals surface area (Å²) in [5.41, 5.74) is 6.21. The van der Waals surface area contributed by atoms with Crippen molar-refractivity contribution in [1.29, 1.82) is 5.26 Å². The average Bonchev–Trinajstić information content (AvgIpc) is 2.90. The largest absolute Gasteiger partial charge is 0.378 e. The van der Waals surface area contributed by atoms with E-state index in [9.17, 15) is 5.26 Å². The van der Waals surface area contributed by atoms with Crippen LogP contribution >= 0.6 is 0 Å². The molecule has 0 radical (unpaired) electrons. The van der Waals surface area contributed by atoms with Crippen molar-refractivity contribution in [3.05, 3.63) is 59.4 Å². The molecule has 0 atom stereocenters. The second-order valence-electron chi connectivity index (χ2n) is 5.74. The van der Waals surface area contributed by atoms with E-state index in [0.29, 0.717) is 5.56 Å². The van der Waals surface area contributed by atoms with Gasteiger partial charge in [-0.25, -0.2) is 4.52 Å². The van der Waals surface area contributed by atoms with Gasteiger partial charge in [0.1, 0.15) is 13.9 Å². The highest BCUT2D eigenvalue weighted by atomic mass is 15.2. The van der Waals surface area contributed by atoms with Crippen molar-refractivity contribution < 1.29 is 0 Å². The minimum Gasteiger partial charge on any atom is -0.378 e. The van der Waals surface area contributed by atoms with Crippen LogP contribution < -0.4 is 10.4 Å². The predicted molar refractivity (Wildman–Crippen MR) is 91.7 cm³/mol. The van der Waals surface area contributed by atoms with Gasteiger partial charge in [-0.3, -0.25) is 0 Å². The normalized spacial score (nSPS) is 10.6. The van der Waals surface area contributed by atoms with Crippen molar-refractivity contribution in [3.63, 3.8) is 0 Å². The number of rotatable bonds is 3. The first-order valence-electron chi connectivity index (χ1n) is 7.21. The molecule has 4 nitrogen and oxygen atoms in total. The summed E-state index contributed by atoms with van der Waals surface area (Å²) in [5, 5.41) is 13.6. The van der Waals surface area contributed by atoms with E-state index in [0.717, 1.165) is 23.0 Å². The van der Waals surface area contributed by atoms with Crippen LogP contribution in [0.4, 0.5) is 5.69 Å². The van der Waals surface area contributed by atoms with Crippen LogP contribution in [0, 0.1) is 11.3 Å². The van der Waals surface area contributed by atoms with Gasteiger partial charge in [-0.15, -0.1) is 0 Å². The summed E-state index contributed by atoms with van der Waals surface area (Å²) in [6.45, 7) is 0. The number of pyridine rings is 1. The zero-order valence-electron chi connectivity index (χ0n) is 13.0. The van der Waals surface area contributed by atoms with Gasteiger partial charge in [-0.2, -0.15) is 10.4 Å². The standard InChI is InChI=1S/C17H17BN4/c1-21(2)16-5-3-12(4-6-16)7-13-8-15(18)11-22-17(13)14(9-19)10-20-22/h3-6,8,10-11H,7,18H2,1-2H3. The molecule has 0 N–H and O–H groups in total. The van der Waals surface area contributed by atoms with Crippen LogP contribution in [0.3, 0.4) is 0 Å². The lowest BCUT2D eigenvalue weighted by Gasteiger charge is -2.13. The van der Waals surface area contributed by atoms with Crippen LogP contribution in [0.15, 0.2) is 42.7 Å². The number of benzene rings is 1. The van der Waals surface area contributed by atoms with E-state index in [1.807, 2.05) is 28.1 Å². The molecular formula is C17H17BN4. The van der Waals surface area contributed by atoms with Gasteiger partial charge in [0, 0.05) is 26.0 Å². The van der Waals surface area contributed by atoms with Crippen molar-refractivity contribution >= 4 is 24.5 Å². The summed E-state index contributed by atoms with van der Waals surface area (Å²) in [6.07, 6.45) is 4.38. The molecule has 0 aliphatic rings. The molecule has 0 aliphatic heterocycles. The highest BCUT2D eigenvalue weighted by Gasteiger charge is 2.10. The van der Waals surface area contributed by atoms with Crippen LogP contribution in [0.25, 0.3) is 5.52 Å². The molecule has 0 aliphatic carbocycles. The number of fused-ring (bicyclic) bond motifs is 1. The van der Waals surface area contributed by atoms with Gasteiger partial charge in [-0.1, -0.05) is 23.7 Å². The molecule has 0 spiro atoms. The second kappa shape index (κ2) is 5.57. The molecular weight excluding hydrogens is 271 g/mol. The van der Waals surface area contributed by atoms with Gasteiger partial charge in [-0.05, 0) is 29.7 Å². The molecule has 3 aromatic rings. The van der Waals surface area contributed by atoms with Gasteiger partial charge in [0.05, 0.1) is 17.3 Å². The number of hydrogen-bond acceptors (Lipinski definition) is 3. The number of anilines is 1. The van der Waals surface area contributed by atoms with Crippen LogP contribution in [0.1, 0.15) is 16.7 Å². The van der Waals surface area contributed by atoms with Crippen LogP contribution in [0.2, 0.25) is 0 Å². The first kappa shape index (κ1) is 14.2. The Hall–Kier alpha value is -2.74. The minimum atomic E-state index is 0.625. The van der Waals surface area contributed by atoms with Gasteiger partial charge in [0.2, 0.25) is 0 Å². The van der Waals surface area contributed by atoms with Crippen molar-refractivity contribution in [2.45, 2.75) is 6.42 Å². The zero-order valence-corrected chi connectivity index (χ0v) is 13.0. The van der Waals surface area contributed by atoms with E-state index in [2.05, 4.69) is 46.4 Å².